The van der Waals surface area contributed by atoms with Crippen molar-refractivity contribution in [1.29, 1.82) is 0 Å². The average Bonchev–Trinajstić information content (AvgIpc) is 2.53. The summed E-state index contributed by atoms with van der Waals surface area (Å²) in [4.78, 5) is 24.5. The van der Waals surface area contributed by atoms with Gasteiger partial charge in [0.25, 0.3) is 5.91 Å². The van der Waals surface area contributed by atoms with Crippen LogP contribution >= 0.6 is 0 Å². The Morgan fingerprint density at radius 3 is 2.77 bits per heavy atom. The largest absolute Gasteiger partial charge is 0.383 e. The highest BCUT2D eigenvalue weighted by Gasteiger charge is 2.10. The number of rotatable bonds is 7. The highest BCUT2D eigenvalue weighted by Crippen LogP contribution is 2.07. The molecule has 0 fully saturated rings. The number of carbonyl (C=O) groups is 1. The van der Waals surface area contributed by atoms with Crippen molar-refractivity contribution >= 4 is 11.7 Å². The molecule has 0 unspecified atom stereocenters. The Bertz CT molecular complexity index is 619. The Hall–Kier alpha value is -2.54. The van der Waals surface area contributed by atoms with Gasteiger partial charge < -0.3 is 15.4 Å². The van der Waals surface area contributed by atoms with Crippen molar-refractivity contribution in [3.05, 3.63) is 47.7 Å². The summed E-state index contributed by atoms with van der Waals surface area (Å²) in [6.07, 6.45) is 3.38. The summed E-state index contributed by atoms with van der Waals surface area (Å²) in [6.45, 7) is 3.36. The van der Waals surface area contributed by atoms with Crippen molar-refractivity contribution in [2.45, 2.75) is 13.5 Å². The molecule has 0 saturated heterocycles. The van der Waals surface area contributed by atoms with Crippen LogP contribution in [0.2, 0.25) is 0 Å². The Labute approximate surface area is 129 Å². The van der Waals surface area contributed by atoms with Crippen LogP contribution in [0.5, 0.6) is 0 Å². The number of aryl methyl sites for hydroxylation is 1. The van der Waals surface area contributed by atoms with Crippen molar-refractivity contribution in [2.75, 3.05) is 25.6 Å². The van der Waals surface area contributed by atoms with E-state index >= 15 is 0 Å². The van der Waals surface area contributed by atoms with Gasteiger partial charge in [-0.3, -0.25) is 9.78 Å². The van der Waals surface area contributed by atoms with E-state index in [1.165, 1.54) is 0 Å². The van der Waals surface area contributed by atoms with Crippen molar-refractivity contribution in [3.63, 3.8) is 0 Å². The van der Waals surface area contributed by atoms with E-state index in [9.17, 15) is 4.79 Å². The van der Waals surface area contributed by atoms with Crippen molar-refractivity contribution in [2.24, 2.45) is 0 Å². The van der Waals surface area contributed by atoms with Crippen LogP contribution in [-0.4, -0.2) is 41.1 Å². The summed E-state index contributed by atoms with van der Waals surface area (Å²) in [5.41, 5.74) is 1.31. The third-order valence-electron chi connectivity index (χ3n) is 2.89. The number of pyridine rings is 1. The van der Waals surface area contributed by atoms with Crippen LogP contribution in [-0.2, 0) is 11.3 Å². The first-order chi connectivity index (χ1) is 10.7. The van der Waals surface area contributed by atoms with Crippen LogP contribution in [0.3, 0.4) is 0 Å². The number of amides is 1. The molecule has 7 heteroatoms. The van der Waals surface area contributed by atoms with Crippen molar-refractivity contribution in [1.82, 2.24) is 20.3 Å². The molecule has 1 amide bonds. The molecule has 0 aliphatic heterocycles. The van der Waals surface area contributed by atoms with E-state index in [1.807, 2.05) is 12.1 Å². The number of nitrogens with zero attached hydrogens (tertiary/aromatic N) is 3. The smallest absolute Gasteiger partial charge is 0.270 e. The Kier molecular flexibility index (Phi) is 5.79. The van der Waals surface area contributed by atoms with Crippen LogP contribution in [0, 0.1) is 6.92 Å². The number of hydrogen-bond acceptors (Lipinski definition) is 6. The van der Waals surface area contributed by atoms with Gasteiger partial charge in [-0.2, -0.15) is 0 Å². The van der Waals surface area contributed by atoms with Gasteiger partial charge in [-0.05, 0) is 24.6 Å². The first kappa shape index (κ1) is 15.8. The van der Waals surface area contributed by atoms with E-state index in [-0.39, 0.29) is 5.91 Å². The lowest BCUT2D eigenvalue weighted by Gasteiger charge is -2.09. The number of hydrogen-bond donors (Lipinski definition) is 2. The summed E-state index contributed by atoms with van der Waals surface area (Å²) in [6, 6.07) is 5.33. The lowest BCUT2D eigenvalue weighted by molar-refractivity contribution is 0.0945. The molecular weight excluding hydrogens is 282 g/mol. The molecule has 0 spiro atoms. The zero-order valence-electron chi connectivity index (χ0n) is 12.7. The third kappa shape index (κ3) is 4.78. The number of carbonyl (C=O) groups excluding carboxylic acids is 1. The molecule has 7 nitrogen and oxygen atoms in total. The highest BCUT2D eigenvalue weighted by molar-refractivity contribution is 5.92. The number of aromatic nitrogens is 3. The first-order valence-electron chi connectivity index (χ1n) is 6.94. The van der Waals surface area contributed by atoms with Gasteiger partial charge in [-0.15, -0.1) is 0 Å². The minimum atomic E-state index is -0.239. The van der Waals surface area contributed by atoms with Gasteiger partial charge in [-0.25, -0.2) is 9.97 Å². The maximum absolute atomic E-state index is 12.2. The Balaban J connectivity index is 1.99. The van der Waals surface area contributed by atoms with E-state index in [1.54, 1.807) is 32.5 Å². The molecule has 2 aromatic heterocycles. The molecule has 0 radical (unpaired) electrons. The van der Waals surface area contributed by atoms with Gasteiger partial charge in [0, 0.05) is 38.7 Å². The van der Waals surface area contributed by atoms with Gasteiger partial charge in [0.1, 0.15) is 17.3 Å². The average molecular weight is 301 g/mol. The topological polar surface area (TPSA) is 89.0 Å². The van der Waals surface area contributed by atoms with E-state index < -0.39 is 0 Å². The maximum atomic E-state index is 12.2. The zero-order valence-corrected chi connectivity index (χ0v) is 12.7. The monoisotopic (exact) mass is 301 g/mol. The van der Waals surface area contributed by atoms with Crippen LogP contribution in [0.15, 0.2) is 30.6 Å². The summed E-state index contributed by atoms with van der Waals surface area (Å²) in [7, 11) is 1.63. The minimum Gasteiger partial charge on any atom is -0.383 e. The van der Waals surface area contributed by atoms with Crippen LogP contribution in [0.25, 0.3) is 0 Å². The third-order valence-corrected chi connectivity index (χ3v) is 2.89. The van der Waals surface area contributed by atoms with Gasteiger partial charge in [0.05, 0.1) is 6.61 Å². The predicted octanol–water partition coefficient (Wildman–Crippen LogP) is 1.17. The zero-order chi connectivity index (χ0) is 15.8. The van der Waals surface area contributed by atoms with E-state index in [0.717, 1.165) is 5.56 Å². The van der Waals surface area contributed by atoms with E-state index in [2.05, 4.69) is 25.6 Å². The molecule has 2 aromatic rings. The molecule has 0 aromatic carbocycles. The number of ether oxygens (including phenoxy) is 1. The van der Waals surface area contributed by atoms with Crippen molar-refractivity contribution in [3.8, 4) is 0 Å². The lowest BCUT2D eigenvalue weighted by atomic mass is 10.2. The first-order valence-corrected chi connectivity index (χ1v) is 6.94. The van der Waals surface area contributed by atoms with Gasteiger partial charge >= 0.3 is 0 Å². The fourth-order valence-electron chi connectivity index (χ4n) is 1.83. The Morgan fingerprint density at radius 1 is 1.27 bits per heavy atom. The molecule has 0 saturated carbocycles. The molecular formula is C15H19N5O2. The minimum absolute atomic E-state index is 0.239. The summed E-state index contributed by atoms with van der Waals surface area (Å²) in [5, 5.41) is 5.92. The van der Waals surface area contributed by atoms with Gasteiger partial charge in [-0.1, -0.05) is 0 Å². The SMILES string of the molecule is COCCNc1cc(C(=O)NCc2ccncc2)nc(C)n1. The van der Waals surface area contributed by atoms with Crippen LogP contribution < -0.4 is 10.6 Å². The van der Waals surface area contributed by atoms with Gasteiger partial charge in [0.2, 0.25) is 0 Å². The molecule has 0 bridgehead atoms. The lowest BCUT2D eigenvalue weighted by Crippen LogP contribution is -2.24. The fourth-order valence-corrected chi connectivity index (χ4v) is 1.83. The molecule has 2 rings (SSSR count). The standard InChI is InChI=1S/C15H19N5O2/c1-11-19-13(9-14(20-11)17-7-8-22-2)15(21)18-10-12-3-5-16-6-4-12/h3-6,9H,7-8,10H2,1-2H3,(H,18,21)(H,17,19,20). The summed E-state index contributed by atoms with van der Waals surface area (Å²) >= 11 is 0. The maximum Gasteiger partial charge on any atom is 0.270 e. The normalized spacial score (nSPS) is 10.3. The molecule has 0 atom stereocenters. The van der Waals surface area contributed by atoms with E-state index in [4.69, 9.17) is 4.74 Å². The van der Waals surface area contributed by atoms with E-state index in [0.29, 0.717) is 37.0 Å². The molecule has 0 aliphatic rings. The quantitative estimate of drug-likeness (QED) is 0.746. The molecule has 116 valence electrons. The second kappa shape index (κ2) is 8.04. The second-order valence-electron chi connectivity index (χ2n) is 4.64. The number of anilines is 1. The molecule has 2 N–H and O–H groups in total. The highest BCUT2D eigenvalue weighted by atomic mass is 16.5. The van der Waals surface area contributed by atoms with Crippen LogP contribution in [0.1, 0.15) is 21.9 Å². The number of nitrogens with one attached hydrogen (secondary N) is 2. The van der Waals surface area contributed by atoms with Crippen molar-refractivity contribution < 1.29 is 9.53 Å². The summed E-state index contributed by atoms with van der Waals surface area (Å²) in [5.74, 6) is 0.909. The van der Waals surface area contributed by atoms with Crippen LogP contribution in [0.4, 0.5) is 5.82 Å². The molecule has 0 aliphatic carbocycles. The molecule has 2 heterocycles. The second-order valence-corrected chi connectivity index (χ2v) is 4.64. The molecule has 22 heavy (non-hydrogen) atoms. The predicted molar refractivity (Wildman–Crippen MR) is 82.5 cm³/mol. The Morgan fingerprint density at radius 2 is 2.05 bits per heavy atom. The summed E-state index contributed by atoms with van der Waals surface area (Å²) < 4.78 is 4.97. The van der Waals surface area contributed by atoms with Gasteiger partial charge in [0.15, 0.2) is 0 Å². The number of methoxy groups -OCH3 is 1. The fraction of sp³-hybridized carbons (Fsp3) is 0.333.